The first-order valence-corrected chi connectivity index (χ1v) is 10.7. The monoisotopic (exact) mass is 391 g/mol. The van der Waals surface area contributed by atoms with Crippen molar-refractivity contribution in [3.63, 3.8) is 0 Å². The van der Waals surface area contributed by atoms with Gasteiger partial charge in [-0.2, -0.15) is 0 Å². The predicted molar refractivity (Wildman–Crippen MR) is 103 cm³/mol. The molecular formula is C19H22FN3O3S. The summed E-state index contributed by atoms with van der Waals surface area (Å²) in [5.41, 5.74) is 1.54. The van der Waals surface area contributed by atoms with Crippen LogP contribution >= 0.6 is 0 Å². The second kappa shape index (κ2) is 8.04. The van der Waals surface area contributed by atoms with E-state index in [0.717, 1.165) is 5.69 Å². The predicted octanol–water partition coefficient (Wildman–Crippen LogP) is 2.42. The summed E-state index contributed by atoms with van der Waals surface area (Å²) in [4.78, 5) is 18.4. The van der Waals surface area contributed by atoms with Gasteiger partial charge >= 0.3 is 0 Å². The molecule has 1 amide bonds. The van der Waals surface area contributed by atoms with Crippen LogP contribution in [0.15, 0.2) is 42.6 Å². The third-order valence-corrected chi connectivity index (χ3v) is 6.37. The maximum atomic E-state index is 12.9. The van der Waals surface area contributed by atoms with E-state index >= 15 is 0 Å². The van der Waals surface area contributed by atoms with Crippen LogP contribution in [0.3, 0.4) is 0 Å². The molecule has 1 aromatic carbocycles. The lowest BCUT2D eigenvalue weighted by atomic mass is 10.1. The van der Waals surface area contributed by atoms with Crippen LogP contribution in [0, 0.1) is 5.82 Å². The molecule has 2 heterocycles. The van der Waals surface area contributed by atoms with E-state index in [1.807, 2.05) is 17.9 Å². The zero-order valence-corrected chi connectivity index (χ0v) is 15.9. The highest BCUT2D eigenvalue weighted by atomic mass is 32.2. The second-order valence-corrected chi connectivity index (χ2v) is 8.82. The van der Waals surface area contributed by atoms with Gasteiger partial charge in [0, 0.05) is 12.6 Å². The van der Waals surface area contributed by atoms with Gasteiger partial charge in [-0.3, -0.25) is 4.79 Å². The van der Waals surface area contributed by atoms with Gasteiger partial charge in [-0.1, -0.05) is 12.1 Å². The molecule has 2 aromatic rings. The van der Waals surface area contributed by atoms with Crippen molar-refractivity contribution in [3.8, 4) is 0 Å². The van der Waals surface area contributed by atoms with Crippen LogP contribution in [0.2, 0.25) is 0 Å². The zero-order chi connectivity index (χ0) is 19.4. The quantitative estimate of drug-likeness (QED) is 0.818. The van der Waals surface area contributed by atoms with Gasteiger partial charge in [0.1, 0.15) is 11.6 Å². The second-order valence-electron chi connectivity index (χ2n) is 6.60. The molecule has 1 N–H and O–H groups in total. The van der Waals surface area contributed by atoms with Crippen LogP contribution in [-0.4, -0.2) is 43.4 Å². The molecule has 144 valence electrons. The molecule has 6 nitrogen and oxygen atoms in total. The van der Waals surface area contributed by atoms with Crippen LogP contribution in [0.25, 0.3) is 0 Å². The number of anilines is 2. The van der Waals surface area contributed by atoms with Gasteiger partial charge in [-0.15, -0.1) is 0 Å². The minimum Gasteiger partial charge on any atom is -0.367 e. The van der Waals surface area contributed by atoms with Crippen molar-refractivity contribution < 1.29 is 17.6 Å². The molecule has 1 aliphatic rings. The Kier molecular flexibility index (Phi) is 5.74. The topological polar surface area (TPSA) is 79.4 Å². The van der Waals surface area contributed by atoms with Crippen molar-refractivity contribution in [1.82, 2.24) is 4.98 Å². The number of nitrogens with one attached hydrogen (secondary N) is 1. The third kappa shape index (κ3) is 5.03. The molecule has 1 atom stereocenters. The Hall–Kier alpha value is -2.48. The maximum Gasteiger partial charge on any atom is 0.229 e. The SMILES string of the molecule is CCN(c1ccc(NC(=O)Cc2ccc(F)cc2)nc1)C1CCS(=O)(=O)C1. The molecule has 3 rings (SSSR count). The number of hydrogen-bond acceptors (Lipinski definition) is 5. The highest BCUT2D eigenvalue weighted by Crippen LogP contribution is 2.24. The molecular weight excluding hydrogens is 369 g/mol. The van der Waals surface area contributed by atoms with E-state index in [9.17, 15) is 17.6 Å². The smallest absolute Gasteiger partial charge is 0.229 e. The molecule has 27 heavy (non-hydrogen) atoms. The number of nitrogens with zero attached hydrogens (tertiary/aromatic N) is 2. The maximum absolute atomic E-state index is 12.9. The van der Waals surface area contributed by atoms with Gasteiger partial charge in [0.05, 0.1) is 29.8 Å². The van der Waals surface area contributed by atoms with Gasteiger partial charge in [0.15, 0.2) is 9.84 Å². The molecule has 1 fully saturated rings. The van der Waals surface area contributed by atoms with E-state index in [0.29, 0.717) is 24.3 Å². The largest absolute Gasteiger partial charge is 0.367 e. The van der Waals surface area contributed by atoms with E-state index < -0.39 is 9.84 Å². The lowest BCUT2D eigenvalue weighted by molar-refractivity contribution is -0.115. The van der Waals surface area contributed by atoms with Gasteiger partial charge in [0.2, 0.25) is 5.91 Å². The number of aromatic nitrogens is 1. The summed E-state index contributed by atoms with van der Waals surface area (Å²) < 4.78 is 36.4. The summed E-state index contributed by atoms with van der Waals surface area (Å²) in [6.45, 7) is 2.65. The number of carbonyl (C=O) groups excluding carboxylic acids is 1. The number of amides is 1. The number of benzene rings is 1. The van der Waals surface area contributed by atoms with Crippen LogP contribution in [0.4, 0.5) is 15.9 Å². The number of pyridine rings is 1. The van der Waals surface area contributed by atoms with Crippen molar-refractivity contribution in [2.45, 2.75) is 25.8 Å². The van der Waals surface area contributed by atoms with E-state index in [4.69, 9.17) is 0 Å². The minimum atomic E-state index is -2.96. The first-order chi connectivity index (χ1) is 12.9. The van der Waals surface area contributed by atoms with E-state index in [2.05, 4.69) is 10.3 Å². The molecule has 1 aliphatic heterocycles. The Balaban J connectivity index is 1.62. The minimum absolute atomic E-state index is 0.0410. The Labute approximate surface area is 158 Å². The van der Waals surface area contributed by atoms with E-state index in [1.54, 1.807) is 24.4 Å². The molecule has 0 bridgehead atoms. The molecule has 0 aliphatic carbocycles. The number of sulfone groups is 1. The Morgan fingerprint density at radius 1 is 1.26 bits per heavy atom. The Morgan fingerprint density at radius 2 is 2.00 bits per heavy atom. The molecule has 1 saturated heterocycles. The van der Waals surface area contributed by atoms with Gasteiger partial charge < -0.3 is 10.2 Å². The van der Waals surface area contributed by atoms with E-state index in [-0.39, 0.29) is 35.7 Å². The van der Waals surface area contributed by atoms with Crippen molar-refractivity contribution in [2.24, 2.45) is 0 Å². The third-order valence-electron chi connectivity index (χ3n) is 4.61. The lowest BCUT2D eigenvalue weighted by Gasteiger charge is -2.28. The van der Waals surface area contributed by atoms with Crippen molar-refractivity contribution in [1.29, 1.82) is 0 Å². The van der Waals surface area contributed by atoms with E-state index in [1.165, 1.54) is 12.1 Å². The van der Waals surface area contributed by atoms with Crippen molar-refractivity contribution in [2.75, 3.05) is 28.3 Å². The van der Waals surface area contributed by atoms with Crippen LogP contribution in [-0.2, 0) is 21.1 Å². The molecule has 0 radical (unpaired) electrons. The van der Waals surface area contributed by atoms with Gasteiger partial charge in [-0.25, -0.2) is 17.8 Å². The highest BCUT2D eigenvalue weighted by Gasteiger charge is 2.31. The summed E-state index contributed by atoms with van der Waals surface area (Å²) >= 11 is 0. The van der Waals surface area contributed by atoms with Crippen molar-refractivity contribution in [3.05, 3.63) is 54.0 Å². The first-order valence-electron chi connectivity index (χ1n) is 8.84. The lowest BCUT2D eigenvalue weighted by Crippen LogP contribution is -2.36. The number of halogens is 1. The molecule has 0 saturated carbocycles. The standard InChI is InChI=1S/C19H22FN3O3S/c1-2-23(17-9-10-27(25,26)13-17)16-7-8-18(21-12-16)22-19(24)11-14-3-5-15(20)6-4-14/h3-8,12,17H,2,9-11,13H2,1H3,(H,21,22,24). The average Bonchev–Trinajstić information content (AvgIpc) is 2.99. The van der Waals surface area contributed by atoms with Crippen LogP contribution in [0.5, 0.6) is 0 Å². The van der Waals surface area contributed by atoms with Gasteiger partial charge in [-0.05, 0) is 43.2 Å². The Morgan fingerprint density at radius 3 is 2.56 bits per heavy atom. The fourth-order valence-electron chi connectivity index (χ4n) is 3.28. The molecule has 1 unspecified atom stereocenters. The van der Waals surface area contributed by atoms with Crippen LogP contribution < -0.4 is 10.2 Å². The fraction of sp³-hybridized carbons (Fsp3) is 0.368. The first kappa shape index (κ1) is 19.3. The summed E-state index contributed by atoms with van der Waals surface area (Å²) in [6, 6.07) is 9.26. The van der Waals surface area contributed by atoms with Crippen molar-refractivity contribution >= 4 is 27.2 Å². The highest BCUT2D eigenvalue weighted by molar-refractivity contribution is 7.91. The average molecular weight is 391 g/mol. The number of hydrogen-bond donors (Lipinski definition) is 1. The molecule has 1 aromatic heterocycles. The summed E-state index contributed by atoms with van der Waals surface area (Å²) in [6.07, 6.45) is 2.39. The summed E-state index contributed by atoms with van der Waals surface area (Å²) in [5, 5.41) is 2.71. The number of rotatable bonds is 6. The number of carbonyl (C=O) groups is 1. The summed E-state index contributed by atoms with van der Waals surface area (Å²) in [7, 11) is -2.96. The van der Waals surface area contributed by atoms with Crippen LogP contribution in [0.1, 0.15) is 18.9 Å². The van der Waals surface area contributed by atoms with Gasteiger partial charge in [0.25, 0.3) is 0 Å². The molecule has 8 heteroatoms. The normalized spacial score (nSPS) is 18.2. The summed E-state index contributed by atoms with van der Waals surface area (Å²) in [5.74, 6) is 0.222. The Bertz CT molecular complexity index is 899. The zero-order valence-electron chi connectivity index (χ0n) is 15.1. The molecule has 0 spiro atoms. The fourth-order valence-corrected chi connectivity index (χ4v) is 5.01.